The SMILES string of the molecule is Cc1ccnc(-c2cccc(C(=O)O)c2NN)c1. The molecule has 1 aromatic carbocycles. The third-order valence-electron chi connectivity index (χ3n) is 2.63. The van der Waals surface area contributed by atoms with Gasteiger partial charge in [0, 0.05) is 11.8 Å². The fourth-order valence-corrected chi connectivity index (χ4v) is 1.78. The third kappa shape index (κ3) is 2.16. The first-order valence-corrected chi connectivity index (χ1v) is 5.39. The molecule has 0 bridgehead atoms. The number of nitrogens with two attached hydrogens (primary N) is 1. The highest BCUT2D eigenvalue weighted by molar-refractivity contribution is 5.98. The van der Waals surface area contributed by atoms with Crippen LogP contribution in [0.2, 0.25) is 0 Å². The Morgan fingerprint density at radius 1 is 1.39 bits per heavy atom. The quantitative estimate of drug-likeness (QED) is 0.567. The molecule has 0 atom stereocenters. The normalized spacial score (nSPS) is 10.1. The Morgan fingerprint density at radius 2 is 2.17 bits per heavy atom. The number of carboxylic acid groups (broad SMARTS) is 1. The van der Waals surface area contributed by atoms with Gasteiger partial charge in [0.05, 0.1) is 16.9 Å². The first-order valence-electron chi connectivity index (χ1n) is 5.39. The molecule has 0 saturated carbocycles. The van der Waals surface area contributed by atoms with Crippen molar-refractivity contribution < 1.29 is 9.90 Å². The van der Waals surface area contributed by atoms with E-state index in [0.717, 1.165) is 5.56 Å². The number of aromatic carboxylic acids is 1. The zero-order chi connectivity index (χ0) is 13.1. The lowest BCUT2D eigenvalue weighted by Gasteiger charge is -2.11. The number of hydrogen-bond donors (Lipinski definition) is 3. The van der Waals surface area contributed by atoms with Crippen LogP contribution in [-0.4, -0.2) is 16.1 Å². The second-order valence-electron chi connectivity index (χ2n) is 3.90. The molecular formula is C13H13N3O2. The largest absolute Gasteiger partial charge is 0.478 e. The number of hydrazine groups is 1. The van der Waals surface area contributed by atoms with Gasteiger partial charge >= 0.3 is 5.97 Å². The van der Waals surface area contributed by atoms with E-state index in [4.69, 9.17) is 10.9 Å². The van der Waals surface area contributed by atoms with Crippen LogP contribution in [0.25, 0.3) is 11.3 Å². The van der Waals surface area contributed by atoms with Gasteiger partial charge in [0.1, 0.15) is 0 Å². The Morgan fingerprint density at radius 3 is 2.78 bits per heavy atom. The molecule has 1 heterocycles. The number of benzene rings is 1. The fraction of sp³-hybridized carbons (Fsp3) is 0.0769. The van der Waals surface area contributed by atoms with Gasteiger partial charge in [-0.2, -0.15) is 0 Å². The number of anilines is 1. The number of hydrogen-bond acceptors (Lipinski definition) is 4. The number of para-hydroxylation sites is 1. The van der Waals surface area contributed by atoms with Crippen molar-refractivity contribution in [3.05, 3.63) is 47.7 Å². The molecule has 2 aromatic rings. The number of aromatic nitrogens is 1. The minimum Gasteiger partial charge on any atom is -0.478 e. The van der Waals surface area contributed by atoms with Crippen molar-refractivity contribution in [2.75, 3.05) is 5.43 Å². The summed E-state index contributed by atoms with van der Waals surface area (Å²) in [5, 5.41) is 9.11. The van der Waals surface area contributed by atoms with Gasteiger partial charge in [-0.15, -0.1) is 0 Å². The maximum atomic E-state index is 11.1. The number of aryl methyl sites for hydroxylation is 1. The summed E-state index contributed by atoms with van der Waals surface area (Å²) in [7, 11) is 0. The van der Waals surface area contributed by atoms with Crippen molar-refractivity contribution in [1.82, 2.24) is 4.98 Å². The minimum absolute atomic E-state index is 0.123. The van der Waals surface area contributed by atoms with Crippen molar-refractivity contribution >= 4 is 11.7 Å². The first kappa shape index (κ1) is 12.1. The van der Waals surface area contributed by atoms with Gasteiger partial charge in [0.15, 0.2) is 0 Å². The minimum atomic E-state index is -1.03. The van der Waals surface area contributed by atoms with Crippen LogP contribution in [0.1, 0.15) is 15.9 Å². The zero-order valence-electron chi connectivity index (χ0n) is 9.84. The van der Waals surface area contributed by atoms with Crippen LogP contribution in [0.3, 0.4) is 0 Å². The van der Waals surface area contributed by atoms with E-state index in [9.17, 15) is 4.79 Å². The number of carbonyl (C=O) groups is 1. The maximum Gasteiger partial charge on any atom is 0.337 e. The average Bonchev–Trinajstić information content (AvgIpc) is 2.37. The van der Waals surface area contributed by atoms with Crippen LogP contribution in [-0.2, 0) is 0 Å². The Balaban J connectivity index is 2.64. The molecule has 0 spiro atoms. The summed E-state index contributed by atoms with van der Waals surface area (Å²) in [5.74, 6) is 4.39. The number of nitrogens with zero attached hydrogens (tertiary/aromatic N) is 1. The van der Waals surface area contributed by atoms with E-state index in [2.05, 4.69) is 10.4 Å². The fourth-order valence-electron chi connectivity index (χ4n) is 1.78. The zero-order valence-corrected chi connectivity index (χ0v) is 9.84. The van der Waals surface area contributed by atoms with Gasteiger partial charge in [-0.1, -0.05) is 12.1 Å². The van der Waals surface area contributed by atoms with Gasteiger partial charge in [0.25, 0.3) is 0 Å². The number of nitrogen functional groups attached to an aromatic ring is 1. The molecular weight excluding hydrogens is 230 g/mol. The molecule has 18 heavy (non-hydrogen) atoms. The summed E-state index contributed by atoms with van der Waals surface area (Å²) in [4.78, 5) is 15.3. The summed E-state index contributed by atoms with van der Waals surface area (Å²) < 4.78 is 0. The molecule has 0 amide bonds. The second kappa shape index (κ2) is 4.85. The van der Waals surface area contributed by atoms with E-state index >= 15 is 0 Å². The van der Waals surface area contributed by atoms with E-state index in [1.807, 2.05) is 19.1 Å². The average molecular weight is 243 g/mol. The molecule has 2 rings (SSSR count). The van der Waals surface area contributed by atoms with E-state index in [1.54, 1.807) is 18.3 Å². The monoisotopic (exact) mass is 243 g/mol. The summed E-state index contributed by atoms with van der Waals surface area (Å²) in [6, 6.07) is 8.70. The van der Waals surface area contributed by atoms with Crippen LogP contribution >= 0.6 is 0 Å². The molecule has 92 valence electrons. The van der Waals surface area contributed by atoms with E-state index < -0.39 is 5.97 Å². The molecule has 0 aliphatic carbocycles. The Labute approximate surface area is 104 Å². The van der Waals surface area contributed by atoms with E-state index in [-0.39, 0.29) is 5.56 Å². The van der Waals surface area contributed by atoms with E-state index in [0.29, 0.717) is 16.9 Å². The van der Waals surface area contributed by atoms with E-state index in [1.165, 1.54) is 6.07 Å². The smallest absolute Gasteiger partial charge is 0.337 e. The summed E-state index contributed by atoms with van der Waals surface area (Å²) in [6.07, 6.45) is 1.68. The molecule has 0 radical (unpaired) electrons. The summed E-state index contributed by atoms with van der Waals surface area (Å²) in [6.45, 7) is 1.95. The highest BCUT2D eigenvalue weighted by Gasteiger charge is 2.14. The van der Waals surface area contributed by atoms with Crippen molar-refractivity contribution in [2.45, 2.75) is 6.92 Å². The highest BCUT2D eigenvalue weighted by Crippen LogP contribution is 2.29. The topological polar surface area (TPSA) is 88.2 Å². The predicted octanol–water partition coefficient (Wildman–Crippen LogP) is 2.04. The van der Waals surface area contributed by atoms with Crippen molar-refractivity contribution in [3.63, 3.8) is 0 Å². The van der Waals surface area contributed by atoms with Crippen molar-refractivity contribution in [2.24, 2.45) is 5.84 Å². The number of carboxylic acids is 1. The standard InChI is InChI=1S/C13H13N3O2/c1-8-5-6-15-11(7-8)9-3-2-4-10(13(17)18)12(9)16-14/h2-7,16H,14H2,1H3,(H,17,18). The van der Waals surface area contributed by atoms with Crippen molar-refractivity contribution in [3.8, 4) is 11.3 Å². The lowest BCUT2D eigenvalue weighted by Crippen LogP contribution is -2.13. The van der Waals surface area contributed by atoms with Gasteiger partial charge in [-0.05, 0) is 30.7 Å². The molecule has 5 nitrogen and oxygen atoms in total. The molecule has 0 aliphatic rings. The van der Waals surface area contributed by atoms with Gasteiger partial charge in [-0.25, -0.2) is 4.79 Å². The lowest BCUT2D eigenvalue weighted by molar-refractivity contribution is 0.0698. The number of nitrogens with one attached hydrogen (secondary N) is 1. The van der Waals surface area contributed by atoms with Gasteiger partial charge < -0.3 is 10.5 Å². The molecule has 0 fully saturated rings. The summed E-state index contributed by atoms with van der Waals surface area (Å²) in [5.41, 5.74) is 5.33. The third-order valence-corrected chi connectivity index (χ3v) is 2.63. The van der Waals surface area contributed by atoms with Crippen LogP contribution in [0, 0.1) is 6.92 Å². The van der Waals surface area contributed by atoms with Crippen LogP contribution in [0.4, 0.5) is 5.69 Å². The molecule has 4 N–H and O–H groups in total. The Kier molecular flexibility index (Phi) is 3.25. The highest BCUT2D eigenvalue weighted by atomic mass is 16.4. The molecule has 0 aliphatic heterocycles. The maximum absolute atomic E-state index is 11.1. The van der Waals surface area contributed by atoms with Gasteiger partial charge in [-0.3, -0.25) is 10.8 Å². The van der Waals surface area contributed by atoms with Crippen LogP contribution < -0.4 is 11.3 Å². The lowest BCUT2D eigenvalue weighted by atomic mass is 10.0. The summed E-state index contributed by atoms with van der Waals surface area (Å²) >= 11 is 0. The first-order chi connectivity index (χ1) is 8.63. The van der Waals surface area contributed by atoms with Crippen molar-refractivity contribution in [1.29, 1.82) is 0 Å². The Hall–Kier alpha value is -2.40. The predicted molar refractivity (Wildman–Crippen MR) is 69.2 cm³/mol. The molecule has 0 saturated heterocycles. The molecule has 0 unspecified atom stereocenters. The van der Waals surface area contributed by atoms with Gasteiger partial charge in [0.2, 0.25) is 0 Å². The second-order valence-corrected chi connectivity index (χ2v) is 3.90. The molecule has 1 aromatic heterocycles. The Bertz CT molecular complexity index is 597. The number of rotatable bonds is 3. The van der Waals surface area contributed by atoms with Crippen LogP contribution in [0.5, 0.6) is 0 Å². The van der Waals surface area contributed by atoms with Crippen LogP contribution in [0.15, 0.2) is 36.5 Å². The molecule has 5 heteroatoms. The number of pyridine rings is 1.